The van der Waals surface area contributed by atoms with Gasteiger partial charge in [0.2, 0.25) is 0 Å². The quantitative estimate of drug-likeness (QED) is 0.727. The summed E-state index contributed by atoms with van der Waals surface area (Å²) in [4.78, 5) is 14.0. The Kier molecular flexibility index (Phi) is 6.49. The first-order valence-corrected chi connectivity index (χ1v) is 9.47. The van der Waals surface area contributed by atoms with Gasteiger partial charge in [-0.05, 0) is 37.1 Å². The first-order chi connectivity index (χ1) is 14.0. The molecular weight excluding hydrogens is 374 g/mol. The number of nitrogens with zero attached hydrogens (tertiary/aromatic N) is 1. The molecular formula is C22H27NO6. The van der Waals surface area contributed by atoms with Crippen LogP contribution in [-0.4, -0.2) is 57.0 Å². The number of carboxylic acids is 1. The monoisotopic (exact) mass is 401 g/mol. The van der Waals surface area contributed by atoms with Gasteiger partial charge in [0.1, 0.15) is 17.5 Å². The van der Waals surface area contributed by atoms with Crippen LogP contribution in [0.4, 0.5) is 0 Å². The van der Waals surface area contributed by atoms with Gasteiger partial charge >= 0.3 is 5.97 Å². The molecule has 3 rings (SSSR count). The number of methoxy groups -OCH3 is 4. The van der Waals surface area contributed by atoms with Crippen molar-refractivity contribution in [3.63, 3.8) is 0 Å². The van der Waals surface area contributed by atoms with Crippen LogP contribution in [0.2, 0.25) is 0 Å². The van der Waals surface area contributed by atoms with E-state index in [1.807, 2.05) is 41.3 Å². The predicted molar refractivity (Wildman–Crippen MR) is 108 cm³/mol. The maximum atomic E-state index is 12.0. The normalized spacial score (nSPS) is 17.6. The molecule has 0 radical (unpaired) electrons. The molecule has 2 aromatic rings. The number of hydrogen-bond acceptors (Lipinski definition) is 6. The summed E-state index contributed by atoms with van der Waals surface area (Å²) in [6.45, 7) is 0.641. The lowest BCUT2D eigenvalue weighted by molar-refractivity contribution is -0.142. The highest BCUT2D eigenvalue weighted by atomic mass is 16.5. The Hall–Kier alpha value is -2.93. The van der Waals surface area contributed by atoms with E-state index < -0.39 is 18.1 Å². The fraction of sp³-hybridized carbons (Fsp3) is 0.409. The SMILES string of the molecule is COc1ccc(OC)c(C(c2cccc(OC)c2OC)N2CCCC2C(=O)O)c1. The molecule has 1 fully saturated rings. The maximum absolute atomic E-state index is 12.0. The van der Waals surface area contributed by atoms with Crippen molar-refractivity contribution in [2.45, 2.75) is 24.9 Å². The van der Waals surface area contributed by atoms with Gasteiger partial charge in [0.05, 0.1) is 34.5 Å². The van der Waals surface area contributed by atoms with Crippen LogP contribution < -0.4 is 18.9 Å². The van der Waals surface area contributed by atoms with E-state index in [-0.39, 0.29) is 0 Å². The Bertz CT molecular complexity index is 866. The van der Waals surface area contributed by atoms with Crippen LogP contribution in [0.1, 0.15) is 30.0 Å². The molecule has 0 aromatic heterocycles. The van der Waals surface area contributed by atoms with Crippen molar-refractivity contribution >= 4 is 5.97 Å². The van der Waals surface area contributed by atoms with Gasteiger partial charge in [-0.25, -0.2) is 0 Å². The molecule has 1 aliphatic heterocycles. The summed E-state index contributed by atoms with van der Waals surface area (Å²) >= 11 is 0. The molecule has 7 heteroatoms. The van der Waals surface area contributed by atoms with E-state index in [9.17, 15) is 9.90 Å². The van der Waals surface area contributed by atoms with Crippen LogP contribution >= 0.6 is 0 Å². The number of benzene rings is 2. The van der Waals surface area contributed by atoms with Gasteiger partial charge in [-0.3, -0.25) is 9.69 Å². The van der Waals surface area contributed by atoms with Crippen molar-refractivity contribution in [2.75, 3.05) is 35.0 Å². The van der Waals surface area contributed by atoms with E-state index in [1.165, 1.54) is 0 Å². The lowest BCUT2D eigenvalue weighted by atomic mass is 9.94. The molecule has 7 nitrogen and oxygen atoms in total. The van der Waals surface area contributed by atoms with Gasteiger partial charge in [0.15, 0.2) is 11.5 Å². The predicted octanol–water partition coefficient (Wildman–Crippen LogP) is 3.36. The fourth-order valence-corrected chi connectivity index (χ4v) is 4.07. The number of aliphatic carboxylic acids is 1. The molecule has 2 aromatic carbocycles. The summed E-state index contributed by atoms with van der Waals surface area (Å²) in [5, 5.41) is 9.83. The zero-order valence-corrected chi connectivity index (χ0v) is 17.2. The highest BCUT2D eigenvalue weighted by Gasteiger charge is 2.39. The largest absolute Gasteiger partial charge is 0.497 e. The van der Waals surface area contributed by atoms with Crippen molar-refractivity contribution < 1.29 is 28.8 Å². The average Bonchev–Trinajstić information content (AvgIpc) is 3.23. The standard InChI is InChI=1S/C22H27NO6/c1-26-14-10-11-18(27-2)16(13-14)20(23-12-6-8-17(23)22(24)25)15-7-5-9-19(28-3)21(15)29-4/h5,7,9-11,13,17,20H,6,8,12H2,1-4H3,(H,24,25). The average molecular weight is 401 g/mol. The number of ether oxygens (including phenoxy) is 4. The lowest BCUT2D eigenvalue weighted by Gasteiger charge is -2.34. The summed E-state index contributed by atoms with van der Waals surface area (Å²) in [5.74, 6) is 1.63. The molecule has 0 aliphatic carbocycles. The summed E-state index contributed by atoms with van der Waals surface area (Å²) in [6.07, 6.45) is 1.39. The summed E-state index contributed by atoms with van der Waals surface area (Å²) in [6, 6.07) is 10.2. The van der Waals surface area contributed by atoms with Crippen molar-refractivity contribution in [3.8, 4) is 23.0 Å². The Morgan fingerprint density at radius 2 is 1.76 bits per heavy atom. The number of carbonyl (C=O) groups is 1. The molecule has 0 bridgehead atoms. The summed E-state index contributed by atoms with van der Waals surface area (Å²) in [7, 11) is 6.37. The zero-order chi connectivity index (χ0) is 21.0. The van der Waals surface area contributed by atoms with Gasteiger partial charge in [0.25, 0.3) is 0 Å². The molecule has 1 heterocycles. The van der Waals surface area contributed by atoms with E-state index >= 15 is 0 Å². The van der Waals surface area contributed by atoms with Crippen molar-refractivity contribution in [2.24, 2.45) is 0 Å². The second-order valence-electron chi connectivity index (χ2n) is 6.83. The minimum absolute atomic E-state index is 0.409. The van der Waals surface area contributed by atoms with E-state index in [0.29, 0.717) is 36.0 Å². The molecule has 0 spiro atoms. The van der Waals surface area contributed by atoms with Gasteiger partial charge in [0, 0.05) is 17.7 Å². The lowest BCUT2D eigenvalue weighted by Crippen LogP contribution is -2.39. The highest BCUT2D eigenvalue weighted by molar-refractivity contribution is 5.74. The minimum atomic E-state index is -0.837. The Morgan fingerprint density at radius 1 is 1.00 bits per heavy atom. The number of rotatable bonds is 8. The van der Waals surface area contributed by atoms with Gasteiger partial charge < -0.3 is 24.1 Å². The van der Waals surface area contributed by atoms with Crippen molar-refractivity contribution in [1.29, 1.82) is 0 Å². The van der Waals surface area contributed by atoms with E-state index in [1.54, 1.807) is 28.4 Å². The van der Waals surface area contributed by atoms with Crippen LogP contribution in [0.25, 0.3) is 0 Å². The third kappa shape index (κ3) is 3.96. The first kappa shape index (κ1) is 20.8. The maximum Gasteiger partial charge on any atom is 0.320 e. The van der Waals surface area contributed by atoms with Gasteiger partial charge in [-0.2, -0.15) is 0 Å². The second-order valence-corrected chi connectivity index (χ2v) is 6.83. The van der Waals surface area contributed by atoms with E-state index in [4.69, 9.17) is 18.9 Å². The Morgan fingerprint density at radius 3 is 2.38 bits per heavy atom. The Balaban J connectivity index is 2.26. The van der Waals surface area contributed by atoms with Crippen LogP contribution in [0.5, 0.6) is 23.0 Å². The number of carboxylic acid groups (broad SMARTS) is 1. The molecule has 0 amide bonds. The number of para-hydroxylation sites is 1. The molecule has 2 atom stereocenters. The molecule has 29 heavy (non-hydrogen) atoms. The zero-order valence-electron chi connectivity index (χ0n) is 17.2. The molecule has 0 saturated carbocycles. The number of hydrogen-bond donors (Lipinski definition) is 1. The fourth-order valence-electron chi connectivity index (χ4n) is 4.07. The summed E-state index contributed by atoms with van der Waals surface area (Å²) < 4.78 is 22.2. The van der Waals surface area contributed by atoms with Crippen molar-refractivity contribution in [1.82, 2.24) is 4.90 Å². The van der Waals surface area contributed by atoms with Gasteiger partial charge in [-0.15, -0.1) is 0 Å². The molecule has 1 N–H and O–H groups in total. The Labute approximate surface area is 170 Å². The van der Waals surface area contributed by atoms with Crippen LogP contribution in [0.15, 0.2) is 36.4 Å². The molecule has 156 valence electrons. The van der Waals surface area contributed by atoms with E-state index in [2.05, 4.69) is 0 Å². The topological polar surface area (TPSA) is 77.5 Å². The van der Waals surface area contributed by atoms with Crippen LogP contribution in [-0.2, 0) is 4.79 Å². The molecule has 1 saturated heterocycles. The highest BCUT2D eigenvalue weighted by Crippen LogP contribution is 2.45. The molecule has 1 aliphatic rings. The first-order valence-electron chi connectivity index (χ1n) is 9.47. The smallest absolute Gasteiger partial charge is 0.320 e. The third-order valence-electron chi connectivity index (χ3n) is 5.37. The van der Waals surface area contributed by atoms with Crippen molar-refractivity contribution in [3.05, 3.63) is 47.5 Å². The van der Waals surface area contributed by atoms with Gasteiger partial charge in [-0.1, -0.05) is 12.1 Å². The number of likely N-dealkylation sites (tertiary alicyclic amines) is 1. The third-order valence-corrected chi connectivity index (χ3v) is 5.37. The van der Waals surface area contributed by atoms with Crippen LogP contribution in [0.3, 0.4) is 0 Å². The summed E-state index contributed by atoms with van der Waals surface area (Å²) in [5.41, 5.74) is 1.62. The van der Waals surface area contributed by atoms with E-state index in [0.717, 1.165) is 17.5 Å². The minimum Gasteiger partial charge on any atom is -0.497 e. The second kappa shape index (κ2) is 9.05. The molecule has 2 unspecified atom stereocenters. The van der Waals surface area contributed by atoms with Crippen LogP contribution in [0, 0.1) is 0 Å².